The van der Waals surface area contributed by atoms with Crippen molar-refractivity contribution in [1.82, 2.24) is 15.1 Å². The average Bonchev–Trinajstić information content (AvgIpc) is 3.42. The number of amides is 1. The molecule has 7 heteroatoms. The Balaban J connectivity index is 1.40. The number of aliphatic hydroxyl groups is 1. The second-order valence-electron chi connectivity index (χ2n) is 6.87. The van der Waals surface area contributed by atoms with Crippen molar-refractivity contribution in [3.05, 3.63) is 90.1 Å². The minimum atomic E-state index is -0.857. The number of hydrogen-bond acceptors (Lipinski definition) is 4. The van der Waals surface area contributed by atoms with E-state index in [-0.39, 0.29) is 18.3 Å². The SMILES string of the molecule is Cn1nc(-c2ccc(F)cc2)cc1C(=O)NC[C@@H](O)c1ccc(-c2ccco2)cc1. The smallest absolute Gasteiger partial charge is 0.269 e. The van der Waals surface area contributed by atoms with Crippen LogP contribution in [-0.2, 0) is 7.05 Å². The van der Waals surface area contributed by atoms with Gasteiger partial charge < -0.3 is 14.8 Å². The summed E-state index contributed by atoms with van der Waals surface area (Å²) in [6.07, 6.45) is 0.748. The van der Waals surface area contributed by atoms with E-state index in [1.54, 1.807) is 43.6 Å². The highest BCUT2D eigenvalue weighted by Gasteiger charge is 2.16. The van der Waals surface area contributed by atoms with E-state index in [0.717, 1.165) is 11.3 Å². The van der Waals surface area contributed by atoms with E-state index in [1.807, 2.05) is 24.3 Å². The molecule has 2 aromatic heterocycles. The minimum absolute atomic E-state index is 0.0516. The lowest BCUT2D eigenvalue weighted by molar-refractivity contribution is 0.0907. The molecule has 30 heavy (non-hydrogen) atoms. The van der Waals surface area contributed by atoms with Gasteiger partial charge in [0.05, 0.1) is 18.1 Å². The summed E-state index contributed by atoms with van der Waals surface area (Å²) in [5.74, 6) is 0.0564. The number of aryl methyl sites for hydroxylation is 1. The lowest BCUT2D eigenvalue weighted by Gasteiger charge is -2.12. The lowest BCUT2D eigenvalue weighted by atomic mass is 10.1. The fourth-order valence-electron chi connectivity index (χ4n) is 3.15. The van der Waals surface area contributed by atoms with E-state index in [1.165, 1.54) is 16.8 Å². The molecular formula is C23H20FN3O3. The number of rotatable bonds is 6. The van der Waals surface area contributed by atoms with Crippen molar-refractivity contribution in [3.8, 4) is 22.6 Å². The first-order valence-electron chi connectivity index (χ1n) is 9.41. The van der Waals surface area contributed by atoms with Crippen molar-refractivity contribution in [2.75, 3.05) is 6.54 Å². The number of halogens is 1. The van der Waals surface area contributed by atoms with Gasteiger partial charge in [-0.1, -0.05) is 24.3 Å². The molecule has 0 aliphatic carbocycles. The topological polar surface area (TPSA) is 80.3 Å². The van der Waals surface area contributed by atoms with Gasteiger partial charge in [-0.25, -0.2) is 4.39 Å². The van der Waals surface area contributed by atoms with Gasteiger partial charge in [0, 0.05) is 24.7 Å². The predicted octanol–water partition coefficient (Wildman–Crippen LogP) is 3.95. The number of aliphatic hydroxyl groups excluding tert-OH is 1. The highest BCUT2D eigenvalue weighted by molar-refractivity contribution is 5.93. The van der Waals surface area contributed by atoms with Crippen LogP contribution in [0.4, 0.5) is 4.39 Å². The quantitative estimate of drug-likeness (QED) is 0.509. The Morgan fingerprint density at radius 1 is 1.13 bits per heavy atom. The van der Waals surface area contributed by atoms with E-state index in [2.05, 4.69) is 10.4 Å². The zero-order valence-electron chi connectivity index (χ0n) is 16.2. The number of carbonyl (C=O) groups excluding carboxylic acids is 1. The third kappa shape index (κ3) is 4.16. The molecule has 2 N–H and O–H groups in total. The Kier molecular flexibility index (Phi) is 5.45. The monoisotopic (exact) mass is 405 g/mol. The lowest BCUT2D eigenvalue weighted by Crippen LogP contribution is -2.29. The van der Waals surface area contributed by atoms with E-state index >= 15 is 0 Å². The molecule has 0 spiro atoms. The molecule has 0 aliphatic heterocycles. The molecule has 4 rings (SSSR count). The van der Waals surface area contributed by atoms with Crippen LogP contribution in [0.2, 0.25) is 0 Å². The molecule has 0 unspecified atom stereocenters. The number of aromatic nitrogens is 2. The molecule has 2 heterocycles. The Morgan fingerprint density at radius 2 is 1.83 bits per heavy atom. The van der Waals surface area contributed by atoms with E-state index in [4.69, 9.17) is 4.42 Å². The second kappa shape index (κ2) is 8.34. The zero-order chi connectivity index (χ0) is 21.1. The normalized spacial score (nSPS) is 12.0. The molecule has 0 saturated carbocycles. The van der Waals surface area contributed by atoms with Crippen molar-refractivity contribution in [3.63, 3.8) is 0 Å². The second-order valence-corrected chi connectivity index (χ2v) is 6.87. The van der Waals surface area contributed by atoms with Crippen LogP contribution in [0.25, 0.3) is 22.6 Å². The standard InChI is InChI=1S/C23H20FN3O3/c1-27-20(13-19(26-27)15-8-10-18(24)11-9-15)23(29)25-14-21(28)16-4-6-17(7-5-16)22-3-2-12-30-22/h2-13,21,28H,14H2,1H3,(H,25,29)/t21-/m1/s1. The molecule has 0 saturated heterocycles. The predicted molar refractivity (Wildman–Crippen MR) is 110 cm³/mol. The molecule has 0 radical (unpaired) electrons. The fourth-order valence-corrected chi connectivity index (χ4v) is 3.15. The number of nitrogens with zero attached hydrogens (tertiary/aromatic N) is 2. The summed E-state index contributed by atoms with van der Waals surface area (Å²) in [6, 6.07) is 18.5. The number of nitrogens with one attached hydrogen (secondary N) is 1. The zero-order valence-corrected chi connectivity index (χ0v) is 16.2. The maximum Gasteiger partial charge on any atom is 0.269 e. The van der Waals surface area contributed by atoms with Gasteiger partial charge in [-0.05, 0) is 48.0 Å². The summed E-state index contributed by atoms with van der Waals surface area (Å²) in [7, 11) is 1.66. The Labute approximate surface area is 172 Å². The van der Waals surface area contributed by atoms with Crippen LogP contribution in [0.15, 0.2) is 77.4 Å². The van der Waals surface area contributed by atoms with Crippen LogP contribution in [0.5, 0.6) is 0 Å². The molecule has 0 aliphatic rings. The van der Waals surface area contributed by atoms with Crippen LogP contribution in [-0.4, -0.2) is 27.3 Å². The van der Waals surface area contributed by atoms with Crippen molar-refractivity contribution in [2.24, 2.45) is 7.05 Å². The third-order valence-electron chi connectivity index (χ3n) is 4.81. The molecule has 6 nitrogen and oxygen atoms in total. The van der Waals surface area contributed by atoms with Crippen LogP contribution >= 0.6 is 0 Å². The van der Waals surface area contributed by atoms with Gasteiger partial charge in [0.25, 0.3) is 5.91 Å². The Hall–Kier alpha value is -3.71. The maximum absolute atomic E-state index is 13.1. The minimum Gasteiger partial charge on any atom is -0.464 e. The van der Waals surface area contributed by atoms with Crippen LogP contribution < -0.4 is 5.32 Å². The summed E-state index contributed by atoms with van der Waals surface area (Å²) in [4.78, 5) is 12.6. The average molecular weight is 405 g/mol. The third-order valence-corrected chi connectivity index (χ3v) is 4.81. The van der Waals surface area contributed by atoms with Gasteiger partial charge in [0.2, 0.25) is 0 Å². The van der Waals surface area contributed by atoms with Crippen molar-refractivity contribution >= 4 is 5.91 Å². The van der Waals surface area contributed by atoms with Gasteiger partial charge >= 0.3 is 0 Å². The number of carbonyl (C=O) groups is 1. The summed E-state index contributed by atoms with van der Waals surface area (Å²) < 4.78 is 19.9. The van der Waals surface area contributed by atoms with Crippen LogP contribution in [0, 0.1) is 5.82 Å². The molecule has 0 fully saturated rings. The molecular weight excluding hydrogens is 385 g/mol. The molecule has 1 atom stereocenters. The molecule has 152 valence electrons. The highest BCUT2D eigenvalue weighted by Crippen LogP contribution is 2.23. The van der Waals surface area contributed by atoms with Crippen LogP contribution in [0.1, 0.15) is 22.2 Å². The van der Waals surface area contributed by atoms with Crippen LogP contribution in [0.3, 0.4) is 0 Å². The Morgan fingerprint density at radius 3 is 2.50 bits per heavy atom. The molecule has 0 bridgehead atoms. The summed E-state index contributed by atoms with van der Waals surface area (Å²) in [5, 5.41) is 17.5. The van der Waals surface area contributed by atoms with Gasteiger partial charge in [-0.15, -0.1) is 0 Å². The largest absolute Gasteiger partial charge is 0.464 e. The van der Waals surface area contributed by atoms with Gasteiger partial charge in [-0.3, -0.25) is 9.48 Å². The van der Waals surface area contributed by atoms with Crippen molar-refractivity contribution < 1.29 is 18.7 Å². The number of benzene rings is 2. The molecule has 2 aromatic carbocycles. The van der Waals surface area contributed by atoms with E-state index in [0.29, 0.717) is 22.5 Å². The Bertz CT molecular complexity index is 1130. The van der Waals surface area contributed by atoms with E-state index in [9.17, 15) is 14.3 Å². The number of hydrogen-bond donors (Lipinski definition) is 2. The first kappa shape index (κ1) is 19.6. The maximum atomic E-state index is 13.1. The van der Waals surface area contributed by atoms with E-state index < -0.39 is 6.10 Å². The summed E-state index contributed by atoms with van der Waals surface area (Å²) in [6.45, 7) is 0.0516. The van der Waals surface area contributed by atoms with Gasteiger partial charge in [-0.2, -0.15) is 5.10 Å². The first-order valence-corrected chi connectivity index (χ1v) is 9.41. The molecule has 4 aromatic rings. The summed E-state index contributed by atoms with van der Waals surface area (Å²) in [5.41, 5.74) is 3.21. The first-order chi connectivity index (χ1) is 14.5. The number of furan rings is 1. The highest BCUT2D eigenvalue weighted by atomic mass is 19.1. The van der Waals surface area contributed by atoms with Crippen molar-refractivity contribution in [1.29, 1.82) is 0 Å². The molecule has 1 amide bonds. The van der Waals surface area contributed by atoms with Gasteiger partial charge in [0.15, 0.2) is 0 Å². The van der Waals surface area contributed by atoms with Crippen molar-refractivity contribution in [2.45, 2.75) is 6.10 Å². The van der Waals surface area contributed by atoms with Gasteiger partial charge in [0.1, 0.15) is 17.3 Å². The summed E-state index contributed by atoms with van der Waals surface area (Å²) >= 11 is 0. The fraction of sp³-hybridized carbons (Fsp3) is 0.130.